The summed E-state index contributed by atoms with van der Waals surface area (Å²) in [6, 6.07) is 9.69. The number of nitro benzene ring substituents is 2. The highest BCUT2D eigenvalue weighted by atomic mass is 16.6. The zero-order valence-corrected chi connectivity index (χ0v) is 17.9. The molecule has 0 saturated heterocycles. The minimum atomic E-state index is -0.943. The molecule has 0 atom stereocenters. The molecule has 0 spiro atoms. The maximum absolute atomic E-state index is 13.6. The summed E-state index contributed by atoms with van der Waals surface area (Å²) >= 11 is 0. The van der Waals surface area contributed by atoms with Crippen molar-refractivity contribution < 1.29 is 35.1 Å². The van der Waals surface area contributed by atoms with Crippen molar-refractivity contribution in [1.29, 1.82) is 0 Å². The third kappa shape index (κ3) is 4.07. The lowest BCUT2D eigenvalue weighted by molar-refractivity contribution is -0.386. The van der Waals surface area contributed by atoms with Gasteiger partial charge in [0.25, 0.3) is 0 Å². The van der Waals surface area contributed by atoms with E-state index in [-0.39, 0.29) is 33.6 Å². The Morgan fingerprint density at radius 2 is 1.08 bits per heavy atom. The lowest BCUT2D eigenvalue weighted by Gasteiger charge is -2.12. The van der Waals surface area contributed by atoms with Crippen LogP contribution in [0.1, 0.15) is 16.2 Å². The smallest absolute Gasteiger partial charge is 0.315 e. The summed E-state index contributed by atoms with van der Waals surface area (Å²) in [5.41, 5.74) is -1.90. The van der Waals surface area contributed by atoms with Crippen LogP contribution in [-0.4, -0.2) is 46.0 Å². The molecule has 36 heavy (non-hydrogen) atoms. The second-order valence-electron chi connectivity index (χ2n) is 7.37. The average molecular weight is 490 g/mol. The van der Waals surface area contributed by atoms with E-state index in [4.69, 9.17) is 0 Å². The first kappa shape index (κ1) is 23.6. The number of hydrogen-bond donors (Lipinski definition) is 4. The van der Waals surface area contributed by atoms with Crippen LogP contribution < -0.4 is 0 Å². The molecule has 2 aromatic carbocycles. The number of nitro groups is 2. The van der Waals surface area contributed by atoms with E-state index in [1.54, 1.807) is 0 Å². The number of benzene rings is 2. The Kier molecular flexibility index (Phi) is 5.88. The molecule has 4 rings (SSSR count). The van der Waals surface area contributed by atoms with E-state index in [9.17, 15) is 45.4 Å². The number of carbonyl (C=O) groups is 1. The number of phenolic OH excluding ortho intramolecular Hbond substituents is 4. The average Bonchev–Trinajstić information content (AvgIpc) is 2.86. The van der Waals surface area contributed by atoms with Gasteiger partial charge in [-0.15, -0.1) is 0 Å². The summed E-state index contributed by atoms with van der Waals surface area (Å²) in [6.07, 6.45) is 2.57. The largest absolute Gasteiger partial charge is 0.504 e. The van der Waals surface area contributed by atoms with Crippen molar-refractivity contribution in [3.8, 4) is 45.3 Å². The van der Waals surface area contributed by atoms with Gasteiger partial charge >= 0.3 is 11.4 Å². The molecule has 4 N–H and O–H groups in total. The Labute approximate surface area is 200 Å². The van der Waals surface area contributed by atoms with Crippen LogP contribution in [0, 0.1) is 20.2 Å². The molecule has 0 amide bonds. The molecule has 0 unspecified atom stereocenters. The normalized spacial score (nSPS) is 10.7. The Morgan fingerprint density at radius 1 is 0.694 bits per heavy atom. The van der Waals surface area contributed by atoms with Gasteiger partial charge in [-0.2, -0.15) is 0 Å². The van der Waals surface area contributed by atoms with Crippen LogP contribution in [0.3, 0.4) is 0 Å². The molecule has 0 bridgehead atoms. The van der Waals surface area contributed by atoms with E-state index >= 15 is 0 Å². The molecule has 0 aliphatic heterocycles. The van der Waals surface area contributed by atoms with E-state index in [2.05, 4.69) is 9.97 Å². The highest BCUT2D eigenvalue weighted by Crippen LogP contribution is 2.42. The zero-order valence-electron chi connectivity index (χ0n) is 17.9. The predicted molar refractivity (Wildman–Crippen MR) is 123 cm³/mol. The number of hydrogen-bond acceptors (Lipinski definition) is 11. The summed E-state index contributed by atoms with van der Waals surface area (Å²) in [5.74, 6) is -4.24. The molecule has 0 aliphatic rings. The van der Waals surface area contributed by atoms with Crippen LogP contribution >= 0.6 is 0 Å². The van der Waals surface area contributed by atoms with E-state index in [1.165, 1.54) is 36.7 Å². The van der Waals surface area contributed by atoms with Gasteiger partial charge in [-0.05, 0) is 35.4 Å². The van der Waals surface area contributed by atoms with Crippen molar-refractivity contribution in [3.05, 3.63) is 92.5 Å². The van der Waals surface area contributed by atoms with Gasteiger partial charge in [0, 0.05) is 35.7 Å². The third-order valence-corrected chi connectivity index (χ3v) is 5.20. The van der Waals surface area contributed by atoms with Crippen LogP contribution in [0.5, 0.6) is 23.0 Å². The maximum atomic E-state index is 13.6. The summed E-state index contributed by atoms with van der Waals surface area (Å²) in [6.45, 7) is 0. The Bertz CT molecular complexity index is 1450. The molecule has 0 fully saturated rings. The van der Waals surface area contributed by atoms with Crippen molar-refractivity contribution in [3.63, 3.8) is 0 Å². The van der Waals surface area contributed by atoms with Crippen LogP contribution in [0.25, 0.3) is 22.3 Å². The van der Waals surface area contributed by atoms with Crippen molar-refractivity contribution in [2.24, 2.45) is 0 Å². The van der Waals surface area contributed by atoms with Gasteiger partial charge in [0.15, 0.2) is 11.5 Å². The molecule has 13 nitrogen and oxygen atoms in total. The molecule has 0 saturated carbocycles. The quantitative estimate of drug-likeness (QED) is 0.132. The van der Waals surface area contributed by atoms with Crippen molar-refractivity contribution >= 4 is 17.2 Å². The molecule has 0 radical (unpaired) electrons. The summed E-state index contributed by atoms with van der Waals surface area (Å²) < 4.78 is 0. The predicted octanol–water partition coefficient (Wildman–Crippen LogP) is 3.68. The lowest BCUT2D eigenvalue weighted by Crippen LogP contribution is -2.10. The number of carbonyl (C=O) groups excluding carboxylic acids is 1. The van der Waals surface area contributed by atoms with E-state index in [1.807, 2.05) is 0 Å². The number of aromatic hydroxyl groups is 4. The van der Waals surface area contributed by atoms with E-state index in [0.717, 1.165) is 24.3 Å². The molecule has 13 heteroatoms. The fourth-order valence-electron chi connectivity index (χ4n) is 3.55. The third-order valence-electron chi connectivity index (χ3n) is 5.20. The number of nitrogens with zero attached hydrogens (tertiary/aromatic N) is 4. The van der Waals surface area contributed by atoms with E-state index in [0.29, 0.717) is 0 Å². The Hall–Kier alpha value is -5.59. The number of ketones is 1. The first-order chi connectivity index (χ1) is 17.1. The Morgan fingerprint density at radius 3 is 1.44 bits per heavy atom. The van der Waals surface area contributed by atoms with Crippen molar-refractivity contribution in [1.82, 2.24) is 9.97 Å². The second-order valence-corrected chi connectivity index (χ2v) is 7.37. The molecular formula is C23H14N4O9. The molecule has 0 aliphatic carbocycles. The van der Waals surface area contributed by atoms with Gasteiger partial charge in [-0.25, -0.2) is 0 Å². The van der Waals surface area contributed by atoms with Crippen LogP contribution in [0.15, 0.2) is 60.9 Å². The fraction of sp³-hybridized carbons (Fsp3) is 0. The summed E-state index contributed by atoms with van der Waals surface area (Å²) in [5, 5.41) is 62.1. The van der Waals surface area contributed by atoms with Gasteiger partial charge in [0.2, 0.25) is 17.3 Å². The number of rotatable bonds is 6. The monoisotopic (exact) mass is 490 g/mol. The second kappa shape index (κ2) is 8.98. The summed E-state index contributed by atoms with van der Waals surface area (Å²) in [7, 11) is 0. The van der Waals surface area contributed by atoms with Crippen LogP contribution in [0.2, 0.25) is 0 Å². The zero-order chi connectivity index (χ0) is 26.1. The topological polar surface area (TPSA) is 210 Å². The van der Waals surface area contributed by atoms with Gasteiger partial charge < -0.3 is 20.4 Å². The molecule has 4 aromatic rings. The molecule has 2 heterocycles. The SMILES string of the molecule is O=C(c1ncccc1-c1cc(O)c(O)c([N+](=O)[O-])c1)c1ncccc1-c1cc(O)c(O)c([N+](=O)[O-])c1. The highest BCUT2D eigenvalue weighted by Gasteiger charge is 2.26. The standard InChI is InChI=1S/C23H14N4O9/c28-17-9-11(7-15(21(17)30)26(33)34)13-3-1-5-24-19(13)23(32)20-14(4-2-6-25-20)12-8-16(27(35)36)22(31)18(29)10-12/h1-10,28-31H. The lowest BCUT2D eigenvalue weighted by atomic mass is 9.95. The van der Waals surface area contributed by atoms with Crippen molar-refractivity contribution in [2.45, 2.75) is 0 Å². The van der Waals surface area contributed by atoms with Crippen LogP contribution in [0.4, 0.5) is 11.4 Å². The van der Waals surface area contributed by atoms with Crippen molar-refractivity contribution in [2.75, 3.05) is 0 Å². The first-order valence-electron chi connectivity index (χ1n) is 9.96. The van der Waals surface area contributed by atoms with Gasteiger partial charge in [0.05, 0.1) is 9.85 Å². The number of aromatic nitrogens is 2. The minimum absolute atomic E-state index is 0.00356. The minimum Gasteiger partial charge on any atom is -0.504 e. The van der Waals surface area contributed by atoms with Gasteiger partial charge in [-0.3, -0.25) is 35.0 Å². The fourth-order valence-corrected chi connectivity index (χ4v) is 3.55. The van der Waals surface area contributed by atoms with Gasteiger partial charge in [0.1, 0.15) is 11.4 Å². The maximum Gasteiger partial charge on any atom is 0.315 e. The molecule has 2 aromatic heterocycles. The number of pyridine rings is 2. The Balaban J connectivity index is 1.89. The van der Waals surface area contributed by atoms with Crippen LogP contribution in [-0.2, 0) is 0 Å². The molecule has 180 valence electrons. The van der Waals surface area contributed by atoms with E-state index < -0.39 is 50.0 Å². The molecular weight excluding hydrogens is 476 g/mol. The highest BCUT2D eigenvalue weighted by molar-refractivity contribution is 6.13. The first-order valence-corrected chi connectivity index (χ1v) is 9.96. The van der Waals surface area contributed by atoms with Gasteiger partial charge in [-0.1, -0.05) is 12.1 Å². The summed E-state index contributed by atoms with van der Waals surface area (Å²) in [4.78, 5) is 42.5. The number of phenols is 4.